The lowest BCUT2D eigenvalue weighted by Crippen LogP contribution is -2.14. The largest absolute Gasteiger partial charge is 0.497 e. The molecule has 0 aromatic heterocycles. The Labute approximate surface area is 159 Å². The summed E-state index contributed by atoms with van der Waals surface area (Å²) in [4.78, 5) is 23.5. The van der Waals surface area contributed by atoms with Crippen LogP contribution >= 0.6 is 0 Å². The van der Waals surface area contributed by atoms with E-state index in [1.54, 1.807) is 27.2 Å². The molecule has 2 N–H and O–H groups in total. The molecular weight excluding hydrogens is 346 g/mol. The second-order valence-electron chi connectivity index (χ2n) is 6.37. The molecular formula is C21H25NO5. The number of methoxy groups -OCH3 is 2. The molecule has 0 saturated carbocycles. The highest BCUT2D eigenvalue weighted by atomic mass is 16.5. The molecule has 144 valence electrons. The number of rotatable bonds is 8. The highest BCUT2D eigenvalue weighted by molar-refractivity contribution is 5.95. The fourth-order valence-corrected chi connectivity index (χ4v) is 2.93. The highest BCUT2D eigenvalue weighted by Gasteiger charge is 2.13. The summed E-state index contributed by atoms with van der Waals surface area (Å²) in [5.41, 5.74) is 3.24. The van der Waals surface area contributed by atoms with Crippen LogP contribution in [0.15, 0.2) is 30.3 Å². The normalized spacial score (nSPS) is 10.4. The number of ether oxygens (including phenoxy) is 2. The Balaban J connectivity index is 1.97. The van der Waals surface area contributed by atoms with Crippen molar-refractivity contribution in [3.8, 4) is 11.5 Å². The molecule has 0 aliphatic carbocycles. The predicted octanol–water partition coefficient (Wildman–Crippen LogP) is 3.98. The highest BCUT2D eigenvalue weighted by Crippen LogP contribution is 2.26. The molecule has 0 unspecified atom stereocenters. The Kier molecular flexibility index (Phi) is 6.82. The van der Waals surface area contributed by atoms with Crippen molar-refractivity contribution in [3.63, 3.8) is 0 Å². The third-order valence-corrected chi connectivity index (χ3v) is 4.42. The van der Waals surface area contributed by atoms with Gasteiger partial charge in [0.1, 0.15) is 11.5 Å². The van der Waals surface area contributed by atoms with E-state index in [1.165, 1.54) is 6.07 Å². The van der Waals surface area contributed by atoms with Crippen molar-refractivity contribution < 1.29 is 24.2 Å². The summed E-state index contributed by atoms with van der Waals surface area (Å²) in [6, 6.07) is 8.89. The van der Waals surface area contributed by atoms with E-state index < -0.39 is 5.97 Å². The third-order valence-electron chi connectivity index (χ3n) is 4.42. The zero-order valence-corrected chi connectivity index (χ0v) is 16.1. The number of amides is 1. The lowest BCUT2D eigenvalue weighted by atomic mass is 10.0. The van der Waals surface area contributed by atoms with Crippen LogP contribution in [0.4, 0.5) is 5.69 Å². The van der Waals surface area contributed by atoms with Crippen LogP contribution in [0.2, 0.25) is 0 Å². The Bertz CT molecular complexity index is 845. The molecule has 2 rings (SSSR count). The Morgan fingerprint density at radius 2 is 1.78 bits per heavy atom. The first-order valence-corrected chi connectivity index (χ1v) is 8.71. The molecule has 1 amide bonds. The molecule has 0 aliphatic rings. The van der Waals surface area contributed by atoms with Gasteiger partial charge < -0.3 is 19.9 Å². The van der Waals surface area contributed by atoms with Gasteiger partial charge in [-0.1, -0.05) is 12.1 Å². The van der Waals surface area contributed by atoms with Crippen molar-refractivity contribution >= 4 is 17.6 Å². The van der Waals surface area contributed by atoms with E-state index in [2.05, 4.69) is 5.32 Å². The maximum absolute atomic E-state index is 12.3. The minimum absolute atomic E-state index is 0.147. The number of aromatic carboxylic acids is 1. The number of carboxylic acid groups (broad SMARTS) is 1. The van der Waals surface area contributed by atoms with Crippen LogP contribution in [0.5, 0.6) is 11.5 Å². The molecule has 0 fully saturated rings. The Morgan fingerprint density at radius 3 is 2.41 bits per heavy atom. The van der Waals surface area contributed by atoms with Gasteiger partial charge in [0.25, 0.3) is 0 Å². The number of anilines is 1. The second-order valence-corrected chi connectivity index (χ2v) is 6.37. The Morgan fingerprint density at radius 1 is 1.04 bits per heavy atom. The van der Waals surface area contributed by atoms with Gasteiger partial charge in [-0.25, -0.2) is 4.79 Å². The fourth-order valence-electron chi connectivity index (χ4n) is 2.93. The van der Waals surface area contributed by atoms with Crippen molar-refractivity contribution in [3.05, 3.63) is 52.6 Å². The summed E-state index contributed by atoms with van der Waals surface area (Å²) in [6.45, 7) is 3.58. The number of carboxylic acids is 1. The van der Waals surface area contributed by atoms with Crippen LogP contribution in [0.25, 0.3) is 0 Å². The van der Waals surface area contributed by atoms with Crippen molar-refractivity contribution in [1.82, 2.24) is 0 Å². The van der Waals surface area contributed by atoms with Gasteiger partial charge in [-0.05, 0) is 55.5 Å². The van der Waals surface area contributed by atoms with Gasteiger partial charge in [0.2, 0.25) is 5.91 Å². The van der Waals surface area contributed by atoms with E-state index in [0.717, 1.165) is 22.6 Å². The third kappa shape index (κ3) is 5.23. The Hall–Kier alpha value is -3.02. The number of aryl methyl sites for hydroxylation is 3. The molecule has 0 bridgehead atoms. The molecule has 0 heterocycles. The van der Waals surface area contributed by atoms with Gasteiger partial charge in [-0.3, -0.25) is 4.79 Å². The maximum Gasteiger partial charge on any atom is 0.336 e. The van der Waals surface area contributed by atoms with E-state index in [4.69, 9.17) is 9.47 Å². The predicted molar refractivity (Wildman–Crippen MR) is 104 cm³/mol. The van der Waals surface area contributed by atoms with Crippen molar-refractivity contribution in [2.24, 2.45) is 0 Å². The van der Waals surface area contributed by atoms with Gasteiger partial charge in [-0.2, -0.15) is 0 Å². The summed E-state index contributed by atoms with van der Waals surface area (Å²) < 4.78 is 10.5. The van der Waals surface area contributed by atoms with Crippen molar-refractivity contribution in [2.45, 2.75) is 33.1 Å². The minimum Gasteiger partial charge on any atom is -0.497 e. The van der Waals surface area contributed by atoms with Gasteiger partial charge in [0, 0.05) is 18.2 Å². The number of hydrogen-bond acceptors (Lipinski definition) is 4. The van der Waals surface area contributed by atoms with E-state index in [9.17, 15) is 14.7 Å². The first-order valence-electron chi connectivity index (χ1n) is 8.71. The number of carbonyl (C=O) groups excluding carboxylic acids is 1. The summed E-state index contributed by atoms with van der Waals surface area (Å²) in [5.74, 6) is 0.299. The molecule has 27 heavy (non-hydrogen) atoms. The van der Waals surface area contributed by atoms with Gasteiger partial charge >= 0.3 is 5.97 Å². The molecule has 0 atom stereocenters. The van der Waals surface area contributed by atoms with Crippen LogP contribution in [-0.2, 0) is 11.2 Å². The molecule has 0 radical (unpaired) electrons. The van der Waals surface area contributed by atoms with E-state index in [1.807, 2.05) is 25.1 Å². The quantitative estimate of drug-likeness (QED) is 0.733. The van der Waals surface area contributed by atoms with Crippen LogP contribution in [0.1, 0.15) is 39.9 Å². The van der Waals surface area contributed by atoms with Crippen molar-refractivity contribution in [2.75, 3.05) is 19.5 Å². The van der Waals surface area contributed by atoms with Gasteiger partial charge in [0.05, 0.1) is 19.8 Å². The second kappa shape index (κ2) is 9.07. The molecule has 0 spiro atoms. The monoisotopic (exact) mass is 371 g/mol. The number of hydrogen-bond donors (Lipinski definition) is 2. The van der Waals surface area contributed by atoms with E-state index in [-0.39, 0.29) is 11.5 Å². The van der Waals surface area contributed by atoms with E-state index in [0.29, 0.717) is 30.5 Å². The smallest absolute Gasteiger partial charge is 0.336 e. The summed E-state index contributed by atoms with van der Waals surface area (Å²) in [5, 5.41) is 12.0. The van der Waals surface area contributed by atoms with E-state index >= 15 is 0 Å². The van der Waals surface area contributed by atoms with Crippen LogP contribution < -0.4 is 14.8 Å². The average molecular weight is 371 g/mol. The topological polar surface area (TPSA) is 84.9 Å². The summed E-state index contributed by atoms with van der Waals surface area (Å²) >= 11 is 0. The first kappa shape index (κ1) is 20.3. The van der Waals surface area contributed by atoms with Crippen LogP contribution in [0.3, 0.4) is 0 Å². The molecule has 6 nitrogen and oxygen atoms in total. The van der Waals surface area contributed by atoms with Crippen LogP contribution in [0, 0.1) is 13.8 Å². The van der Waals surface area contributed by atoms with Gasteiger partial charge in [0.15, 0.2) is 0 Å². The minimum atomic E-state index is -1.01. The summed E-state index contributed by atoms with van der Waals surface area (Å²) in [6.07, 6.45) is 1.66. The fraction of sp³-hybridized carbons (Fsp3) is 0.333. The SMILES string of the molecule is COc1ccc(CCCC(=O)Nc2cc(C(=O)O)c(C)cc2C)c(OC)c1. The molecule has 2 aromatic carbocycles. The number of carbonyl (C=O) groups is 2. The lowest BCUT2D eigenvalue weighted by molar-refractivity contribution is -0.116. The lowest BCUT2D eigenvalue weighted by Gasteiger charge is -2.12. The van der Waals surface area contributed by atoms with Gasteiger partial charge in [-0.15, -0.1) is 0 Å². The average Bonchev–Trinajstić information content (AvgIpc) is 2.63. The maximum atomic E-state index is 12.3. The number of benzene rings is 2. The van der Waals surface area contributed by atoms with Crippen molar-refractivity contribution in [1.29, 1.82) is 0 Å². The zero-order chi connectivity index (χ0) is 20.0. The zero-order valence-electron chi connectivity index (χ0n) is 16.1. The summed E-state index contributed by atoms with van der Waals surface area (Å²) in [7, 11) is 3.20. The standard InChI is InChI=1S/C21H25NO5/c1-13-10-14(2)18(12-17(13)21(24)25)22-20(23)7-5-6-15-8-9-16(26-3)11-19(15)27-4/h8-12H,5-7H2,1-4H3,(H,22,23)(H,24,25). The molecule has 0 aliphatic heterocycles. The first-order chi connectivity index (χ1) is 12.8. The molecule has 2 aromatic rings. The molecule has 0 saturated heterocycles. The van der Waals surface area contributed by atoms with Crippen LogP contribution in [-0.4, -0.2) is 31.2 Å². The molecule has 6 heteroatoms. The number of nitrogens with one attached hydrogen (secondary N) is 1.